The lowest BCUT2D eigenvalue weighted by molar-refractivity contribution is 0.706. The van der Waals surface area contributed by atoms with E-state index in [4.69, 9.17) is 5.73 Å². The predicted molar refractivity (Wildman–Crippen MR) is 72.4 cm³/mol. The van der Waals surface area contributed by atoms with Crippen molar-refractivity contribution in [2.24, 2.45) is 0 Å². The zero-order valence-corrected chi connectivity index (χ0v) is 10.4. The summed E-state index contributed by atoms with van der Waals surface area (Å²) >= 11 is 0. The molecule has 3 rings (SSSR count). The van der Waals surface area contributed by atoms with Gasteiger partial charge in [-0.25, -0.2) is 9.97 Å². The molecule has 0 spiro atoms. The zero-order valence-electron chi connectivity index (χ0n) is 10.4. The van der Waals surface area contributed by atoms with Gasteiger partial charge in [0.15, 0.2) is 0 Å². The second-order valence-corrected chi connectivity index (χ2v) is 4.65. The van der Waals surface area contributed by atoms with Crippen LogP contribution in [0.3, 0.4) is 0 Å². The molecule has 1 aromatic heterocycles. The first-order valence-electron chi connectivity index (χ1n) is 6.15. The van der Waals surface area contributed by atoms with E-state index in [-0.39, 0.29) is 0 Å². The first kappa shape index (κ1) is 11.0. The maximum absolute atomic E-state index is 5.75. The molecule has 4 heteroatoms. The zero-order chi connectivity index (χ0) is 12.5. The third-order valence-corrected chi connectivity index (χ3v) is 3.42. The van der Waals surface area contributed by atoms with Crippen molar-refractivity contribution < 1.29 is 0 Å². The molecule has 0 saturated heterocycles. The van der Waals surface area contributed by atoms with Gasteiger partial charge in [-0.1, -0.05) is 24.3 Å². The van der Waals surface area contributed by atoms with Crippen molar-refractivity contribution in [2.45, 2.75) is 19.9 Å². The number of nitrogens with zero attached hydrogens (tertiary/aromatic N) is 3. The molecule has 4 nitrogen and oxygen atoms in total. The minimum absolute atomic E-state index is 0.649. The van der Waals surface area contributed by atoms with Crippen LogP contribution in [0.5, 0.6) is 0 Å². The van der Waals surface area contributed by atoms with Crippen molar-refractivity contribution in [3.8, 4) is 0 Å². The number of nitrogens with two attached hydrogens (primary N) is 1. The van der Waals surface area contributed by atoms with Gasteiger partial charge in [0.05, 0.1) is 17.6 Å². The highest BCUT2D eigenvalue weighted by Crippen LogP contribution is 2.22. The number of benzene rings is 1. The standard InChI is InChI=1S/C14H16N4/c1-10-13(15)8-16-14(17-10)18-7-6-11-4-2-3-5-12(11)9-18/h2-5,8H,6-7,9,15H2,1H3. The molecular formula is C14H16N4. The monoisotopic (exact) mass is 240 g/mol. The summed E-state index contributed by atoms with van der Waals surface area (Å²) in [7, 11) is 0. The summed E-state index contributed by atoms with van der Waals surface area (Å²) in [5, 5.41) is 0. The van der Waals surface area contributed by atoms with Crippen molar-refractivity contribution in [3.05, 3.63) is 47.3 Å². The van der Waals surface area contributed by atoms with Crippen LogP contribution in [-0.4, -0.2) is 16.5 Å². The Hall–Kier alpha value is -2.10. The van der Waals surface area contributed by atoms with Crippen LogP contribution in [0.4, 0.5) is 11.6 Å². The van der Waals surface area contributed by atoms with Gasteiger partial charge in [0.1, 0.15) is 0 Å². The Bertz CT molecular complexity index is 580. The lowest BCUT2D eigenvalue weighted by Gasteiger charge is -2.29. The van der Waals surface area contributed by atoms with E-state index >= 15 is 0 Å². The molecule has 2 N–H and O–H groups in total. The summed E-state index contributed by atoms with van der Waals surface area (Å²) in [5.41, 5.74) is 10.0. The third kappa shape index (κ3) is 1.90. The van der Waals surface area contributed by atoms with Gasteiger partial charge in [0.2, 0.25) is 5.95 Å². The summed E-state index contributed by atoms with van der Waals surface area (Å²) in [4.78, 5) is 11.0. The van der Waals surface area contributed by atoms with E-state index < -0.39 is 0 Å². The molecule has 0 saturated carbocycles. The van der Waals surface area contributed by atoms with Crippen LogP contribution in [0.2, 0.25) is 0 Å². The van der Waals surface area contributed by atoms with E-state index in [9.17, 15) is 0 Å². The van der Waals surface area contributed by atoms with Crippen LogP contribution in [-0.2, 0) is 13.0 Å². The van der Waals surface area contributed by atoms with Crippen LogP contribution < -0.4 is 10.6 Å². The number of hydrogen-bond acceptors (Lipinski definition) is 4. The van der Waals surface area contributed by atoms with Crippen LogP contribution in [0, 0.1) is 6.92 Å². The highest BCUT2D eigenvalue weighted by molar-refractivity contribution is 5.46. The normalized spacial score (nSPS) is 14.4. The Balaban J connectivity index is 1.89. The van der Waals surface area contributed by atoms with Crippen LogP contribution in [0.25, 0.3) is 0 Å². The summed E-state index contributed by atoms with van der Waals surface area (Å²) in [6, 6.07) is 8.54. The molecular weight excluding hydrogens is 224 g/mol. The Kier molecular flexibility index (Phi) is 2.63. The maximum atomic E-state index is 5.75. The third-order valence-electron chi connectivity index (χ3n) is 3.42. The minimum Gasteiger partial charge on any atom is -0.396 e. The van der Waals surface area contributed by atoms with Crippen molar-refractivity contribution in [3.63, 3.8) is 0 Å². The lowest BCUT2D eigenvalue weighted by atomic mass is 10.0. The first-order chi connectivity index (χ1) is 8.74. The molecule has 2 heterocycles. The molecule has 0 bridgehead atoms. The van der Waals surface area contributed by atoms with Gasteiger partial charge in [-0.15, -0.1) is 0 Å². The number of anilines is 2. The van der Waals surface area contributed by atoms with Crippen LogP contribution in [0.1, 0.15) is 16.8 Å². The predicted octanol–water partition coefficient (Wildman–Crippen LogP) is 1.93. The molecule has 1 aliphatic rings. The van der Waals surface area contributed by atoms with Crippen molar-refractivity contribution in [1.82, 2.24) is 9.97 Å². The Labute approximate surface area is 106 Å². The number of aryl methyl sites for hydroxylation is 1. The summed E-state index contributed by atoms with van der Waals surface area (Å²) < 4.78 is 0. The minimum atomic E-state index is 0.649. The molecule has 0 atom stereocenters. The largest absolute Gasteiger partial charge is 0.396 e. The molecule has 0 aliphatic carbocycles. The van der Waals surface area contributed by atoms with Crippen molar-refractivity contribution in [1.29, 1.82) is 0 Å². The van der Waals surface area contributed by atoms with Gasteiger partial charge in [-0.3, -0.25) is 0 Å². The summed E-state index contributed by atoms with van der Waals surface area (Å²) in [6.07, 6.45) is 2.74. The fraction of sp³-hybridized carbons (Fsp3) is 0.286. The molecule has 0 unspecified atom stereocenters. The summed E-state index contributed by atoms with van der Waals surface area (Å²) in [6.45, 7) is 3.75. The fourth-order valence-electron chi connectivity index (χ4n) is 2.28. The molecule has 92 valence electrons. The van der Waals surface area contributed by atoms with Crippen molar-refractivity contribution in [2.75, 3.05) is 17.2 Å². The molecule has 18 heavy (non-hydrogen) atoms. The van der Waals surface area contributed by atoms with E-state index in [1.54, 1.807) is 6.20 Å². The van der Waals surface area contributed by atoms with Gasteiger partial charge < -0.3 is 10.6 Å². The SMILES string of the molecule is Cc1nc(N2CCc3ccccc3C2)ncc1N. The van der Waals surface area contributed by atoms with Gasteiger partial charge >= 0.3 is 0 Å². The summed E-state index contributed by atoms with van der Waals surface area (Å²) in [5.74, 6) is 0.774. The van der Waals surface area contributed by atoms with Gasteiger partial charge in [-0.2, -0.15) is 0 Å². The quantitative estimate of drug-likeness (QED) is 0.827. The number of fused-ring (bicyclic) bond motifs is 1. The van der Waals surface area contributed by atoms with Crippen LogP contribution in [0.15, 0.2) is 30.5 Å². The maximum Gasteiger partial charge on any atom is 0.225 e. The molecule has 0 radical (unpaired) electrons. The topological polar surface area (TPSA) is 55.0 Å². The Morgan fingerprint density at radius 1 is 1.22 bits per heavy atom. The molecule has 0 fully saturated rings. The van der Waals surface area contributed by atoms with Gasteiger partial charge in [-0.05, 0) is 24.5 Å². The highest BCUT2D eigenvalue weighted by Gasteiger charge is 2.18. The molecule has 1 aromatic carbocycles. The van der Waals surface area contributed by atoms with Crippen LogP contribution >= 0.6 is 0 Å². The second-order valence-electron chi connectivity index (χ2n) is 4.65. The molecule has 1 aliphatic heterocycles. The number of rotatable bonds is 1. The average molecular weight is 240 g/mol. The number of aromatic nitrogens is 2. The smallest absolute Gasteiger partial charge is 0.225 e. The van der Waals surface area contributed by atoms with Gasteiger partial charge in [0.25, 0.3) is 0 Å². The Morgan fingerprint density at radius 3 is 2.78 bits per heavy atom. The highest BCUT2D eigenvalue weighted by atomic mass is 15.3. The number of hydrogen-bond donors (Lipinski definition) is 1. The molecule has 0 amide bonds. The Morgan fingerprint density at radius 2 is 2.00 bits per heavy atom. The van der Waals surface area contributed by atoms with E-state index in [0.29, 0.717) is 5.69 Å². The van der Waals surface area contributed by atoms with E-state index in [0.717, 1.165) is 31.2 Å². The van der Waals surface area contributed by atoms with E-state index in [1.807, 2.05) is 6.92 Å². The van der Waals surface area contributed by atoms with E-state index in [1.165, 1.54) is 11.1 Å². The molecule has 2 aromatic rings. The van der Waals surface area contributed by atoms with E-state index in [2.05, 4.69) is 39.1 Å². The average Bonchev–Trinajstić information content (AvgIpc) is 2.41. The lowest BCUT2D eigenvalue weighted by Crippen LogP contribution is -2.31. The van der Waals surface area contributed by atoms with Gasteiger partial charge in [0, 0.05) is 13.1 Å². The fourth-order valence-corrected chi connectivity index (χ4v) is 2.28. The first-order valence-corrected chi connectivity index (χ1v) is 6.15. The second kappa shape index (κ2) is 4.29. The number of nitrogen functional groups attached to an aromatic ring is 1. The van der Waals surface area contributed by atoms with Crippen molar-refractivity contribution >= 4 is 11.6 Å².